The van der Waals surface area contributed by atoms with Crippen LogP contribution in [-0.4, -0.2) is 38.8 Å². The summed E-state index contributed by atoms with van der Waals surface area (Å²) < 4.78 is 1.56. The van der Waals surface area contributed by atoms with Gasteiger partial charge in [0.25, 0.3) is 0 Å². The highest BCUT2D eigenvalue weighted by molar-refractivity contribution is 5.85. The first-order valence-corrected chi connectivity index (χ1v) is 6.73. The number of likely N-dealkylation sites (tertiary alicyclic amines) is 1. The van der Waals surface area contributed by atoms with Crippen molar-refractivity contribution in [3.05, 3.63) is 17.5 Å². The van der Waals surface area contributed by atoms with Crippen molar-refractivity contribution in [2.45, 2.75) is 45.7 Å². The van der Waals surface area contributed by atoms with Crippen molar-refractivity contribution < 1.29 is 9.90 Å². The van der Waals surface area contributed by atoms with Crippen molar-refractivity contribution in [1.29, 1.82) is 0 Å². The van der Waals surface area contributed by atoms with Crippen LogP contribution in [0, 0.1) is 0 Å². The fourth-order valence-corrected chi connectivity index (χ4v) is 2.48. The number of rotatable bonds is 4. The third kappa shape index (κ3) is 3.10. The van der Waals surface area contributed by atoms with E-state index >= 15 is 0 Å². The molecular formula is C13H21N3O2. The summed E-state index contributed by atoms with van der Waals surface area (Å²) >= 11 is 0. The van der Waals surface area contributed by atoms with Crippen molar-refractivity contribution in [3.8, 4) is 0 Å². The molecule has 2 heterocycles. The second-order valence-electron chi connectivity index (χ2n) is 4.83. The quantitative estimate of drug-likeness (QED) is 0.889. The fraction of sp³-hybridized carbons (Fsp3) is 0.692. The monoisotopic (exact) mass is 251 g/mol. The van der Waals surface area contributed by atoms with Crippen LogP contribution in [0.1, 0.15) is 48.8 Å². The number of hydrogen-bond acceptors (Lipinski definition) is 3. The van der Waals surface area contributed by atoms with Crippen LogP contribution in [-0.2, 0) is 13.1 Å². The van der Waals surface area contributed by atoms with Gasteiger partial charge in [0.2, 0.25) is 0 Å². The Morgan fingerprint density at radius 1 is 1.33 bits per heavy atom. The summed E-state index contributed by atoms with van der Waals surface area (Å²) in [5.41, 5.74) is 1.17. The van der Waals surface area contributed by atoms with Gasteiger partial charge in [0.1, 0.15) is 5.69 Å². The van der Waals surface area contributed by atoms with E-state index in [9.17, 15) is 4.79 Å². The van der Waals surface area contributed by atoms with Crippen molar-refractivity contribution in [2.24, 2.45) is 0 Å². The highest BCUT2D eigenvalue weighted by Crippen LogP contribution is 2.13. The summed E-state index contributed by atoms with van der Waals surface area (Å²) in [7, 11) is 0. The topological polar surface area (TPSA) is 58.4 Å². The highest BCUT2D eigenvalue weighted by atomic mass is 16.4. The molecule has 1 N–H and O–H groups in total. The first-order valence-electron chi connectivity index (χ1n) is 6.73. The predicted molar refractivity (Wildman–Crippen MR) is 68.6 cm³/mol. The van der Waals surface area contributed by atoms with Gasteiger partial charge >= 0.3 is 5.97 Å². The van der Waals surface area contributed by atoms with Crippen molar-refractivity contribution in [3.63, 3.8) is 0 Å². The molecule has 1 aliphatic heterocycles. The van der Waals surface area contributed by atoms with E-state index in [1.54, 1.807) is 10.7 Å². The first kappa shape index (κ1) is 13.1. The molecule has 18 heavy (non-hydrogen) atoms. The van der Waals surface area contributed by atoms with Crippen LogP contribution in [0.4, 0.5) is 0 Å². The van der Waals surface area contributed by atoms with Crippen molar-refractivity contribution in [2.75, 3.05) is 13.1 Å². The van der Waals surface area contributed by atoms with Gasteiger partial charge in [-0.25, -0.2) is 4.79 Å². The zero-order valence-corrected chi connectivity index (χ0v) is 10.9. The van der Waals surface area contributed by atoms with Crippen LogP contribution in [0.5, 0.6) is 0 Å². The van der Waals surface area contributed by atoms with Crippen molar-refractivity contribution in [1.82, 2.24) is 14.7 Å². The summed E-state index contributed by atoms with van der Waals surface area (Å²) in [6.45, 7) is 5.48. The molecule has 1 aromatic heterocycles. The molecule has 1 fully saturated rings. The summed E-state index contributed by atoms with van der Waals surface area (Å²) in [6, 6.07) is 1.71. The molecular weight excluding hydrogens is 230 g/mol. The Kier molecular flexibility index (Phi) is 4.36. The molecule has 100 valence electrons. The Bertz CT molecular complexity index is 406. The number of carboxylic acids is 1. The van der Waals surface area contributed by atoms with Gasteiger partial charge in [-0.3, -0.25) is 9.58 Å². The molecule has 2 rings (SSSR count). The molecule has 0 unspecified atom stereocenters. The maximum Gasteiger partial charge on any atom is 0.354 e. The van der Waals surface area contributed by atoms with E-state index in [-0.39, 0.29) is 0 Å². The second-order valence-corrected chi connectivity index (χ2v) is 4.83. The molecule has 1 aromatic rings. The van der Waals surface area contributed by atoms with E-state index in [4.69, 9.17) is 5.11 Å². The Labute approximate surface area is 107 Å². The lowest BCUT2D eigenvalue weighted by atomic mass is 10.2. The minimum absolute atomic E-state index is 0.294. The smallest absolute Gasteiger partial charge is 0.354 e. The van der Waals surface area contributed by atoms with E-state index in [1.165, 1.54) is 25.7 Å². The molecule has 0 bridgehead atoms. The van der Waals surface area contributed by atoms with E-state index in [0.29, 0.717) is 12.2 Å². The summed E-state index contributed by atoms with van der Waals surface area (Å²) in [4.78, 5) is 13.4. The van der Waals surface area contributed by atoms with Gasteiger partial charge in [-0.2, -0.15) is 5.10 Å². The van der Waals surface area contributed by atoms with Gasteiger partial charge in [-0.05, 0) is 38.9 Å². The number of hydrogen-bond donors (Lipinski definition) is 1. The maximum absolute atomic E-state index is 11.1. The minimum Gasteiger partial charge on any atom is -0.477 e. The van der Waals surface area contributed by atoms with Crippen LogP contribution in [0.15, 0.2) is 6.07 Å². The predicted octanol–water partition coefficient (Wildman–Crippen LogP) is 1.98. The molecule has 0 spiro atoms. The van der Waals surface area contributed by atoms with Gasteiger partial charge in [0, 0.05) is 13.1 Å². The average molecular weight is 251 g/mol. The average Bonchev–Trinajstić information content (AvgIpc) is 2.58. The van der Waals surface area contributed by atoms with E-state index in [2.05, 4.69) is 10.00 Å². The van der Waals surface area contributed by atoms with Crippen LogP contribution >= 0.6 is 0 Å². The highest BCUT2D eigenvalue weighted by Gasteiger charge is 2.16. The molecule has 0 atom stereocenters. The van der Waals surface area contributed by atoms with Crippen LogP contribution in [0.2, 0.25) is 0 Å². The van der Waals surface area contributed by atoms with Gasteiger partial charge < -0.3 is 5.11 Å². The number of carbonyl (C=O) groups is 1. The molecule has 5 heteroatoms. The summed E-state index contributed by atoms with van der Waals surface area (Å²) in [5, 5.41) is 13.5. The molecule has 1 aliphatic rings. The first-order chi connectivity index (χ1) is 8.70. The summed E-state index contributed by atoms with van der Waals surface area (Å²) in [5.74, 6) is -0.897. The number of aromatic nitrogens is 2. The van der Waals surface area contributed by atoms with Crippen LogP contribution < -0.4 is 0 Å². The van der Waals surface area contributed by atoms with E-state index < -0.39 is 5.97 Å². The Morgan fingerprint density at radius 2 is 2.00 bits per heavy atom. The molecule has 0 aliphatic carbocycles. The lowest BCUT2D eigenvalue weighted by Crippen LogP contribution is -2.24. The molecule has 0 aromatic carbocycles. The largest absolute Gasteiger partial charge is 0.477 e. The summed E-state index contributed by atoms with van der Waals surface area (Å²) in [6.07, 6.45) is 5.08. The molecule has 5 nitrogen and oxygen atoms in total. The van der Waals surface area contributed by atoms with E-state index in [0.717, 1.165) is 25.3 Å². The number of carboxylic acid groups (broad SMARTS) is 1. The Morgan fingerprint density at radius 3 is 2.50 bits per heavy atom. The van der Waals surface area contributed by atoms with Gasteiger partial charge in [0.15, 0.2) is 0 Å². The minimum atomic E-state index is -0.897. The molecule has 0 radical (unpaired) electrons. The zero-order chi connectivity index (χ0) is 13.0. The maximum atomic E-state index is 11.1. The lowest BCUT2D eigenvalue weighted by Gasteiger charge is -2.17. The second kappa shape index (κ2) is 6.00. The van der Waals surface area contributed by atoms with Gasteiger partial charge in [-0.1, -0.05) is 12.8 Å². The number of aromatic carboxylic acids is 1. The molecule has 0 saturated carbocycles. The lowest BCUT2D eigenvalue weighted by molar-refractivity contribution is 0.0683. The SMILES string of the molecule is CCn1nc(CN2CCCCCC2)cc1C(=O)O. The normalized spacial score (nSPS) is 17.6. The molecule has 1 saturated heterocycles. The van der Waals surface area contributed by atoms with Crippen LogP contribution in [0.25, 0.3) is 0 Å². The van der Waals surface area contributed by atoms with Gasteiger partial charge in [0.05, 0.1) is 5.69 Å². The van der Waals surface area contributed by atoms with Gasteiger partial charge in [-0.15, -0.1) is 0 Å². The van der Waals surface area contributed by atoms with Crippen molar-refractivity contribution >= 4 is 5.97 Å². The standard InChI is InChI=1S/C13H21N3O2/c1-2-16-12(13(17)18)9-11(14-16)10-15-7-5-3-4-6-8-15/h9H,2-8,10H2,1H3,(H,17,18). The Balaban J connectivity index is 2.06. The zero-order valence-electron chi connectivity index (χ0n) is 10.9. The van der Waals surface area contributed by atoms with Crippen LogP contribution in [0.3, 0.4) is 0 Å². The number of nitrogens with zero attached hydrogens (tertiary/aromatic N) is 3. The third-order valence-corrected chi connectivity index (χ3v) is 3.43. The third-order valence-electron chi connectivity index (χ3n) is 3.43. The molecule has 0 amide bonds. The van der Waals surface area contributed by atoms with E-state index in [1.807, 2.05) is 6.92 Å². The Hall–Kier alpha value is -1.36. The fourth-order valence-electron chi connectivity index (χ4n) is 2.48. The number of aryl methyl sites for hydroxylation is 1.